The molecular formula is C17H29N3O. The predicted octanol–water partition coefficient (Wildman–Crippen LogP) is 2.75. The van der Waals surface area contributed by atoms with E-state index in [0.29, 0.717) is 0 Å². The first-order valence-electron chi connectivity index (χ1n) is 8.14. The number of anilines is 1. The van der Waals surface area contributed by atoms with Crippen molar-refractivity contribution in [3.63, 3.8) is 0 Å². The predicted molar refractivity (Wildman–Crippen MR) is 87.8 cm³/mol. The molecule has 0 spiro atoms. The molecule has 0 radical (unpaired) electrons. The highest BCUT2D eigenvalue weighted by molar-refractivity contribution is 5.47. The minimum absolute atomic E-state index is 0.747. The summed E-state index contributed by atoms with van der Waals surface area (Å²) in [4.78, 5) is 7.19. The van der Waals surface area contributed by atoms with E-state index in [2.05, 4.69) is 30.1 Å². The fourth-order valence-electron chi connectivity index (χ4n) is 3.05. The Hall–Kier alpha value is -1.13. The zero-order chi connectivity index (χ0) is 15.1. The average molecular weight is 291 g/mol. The summed E-state index contributed by atoms with van der Waals surface area (Å²) in [5, 5.41) is 3.37. The number of hydrogen-bond acceptors (Lipinski definition) is 4. The van der Waals surface area contributed by atoms with Crippen molar-refractivity contribution in [2.45, 2.75) is 39.7 Å². The highest BCUT2D eigenvalue weighted by atomic mass is 16.5. The van der Waals surface area contributed by atoms with Gasteiger partial charge in [-0.05, 0) is 42.9 Å². The molecule has 1 saturated heterocycles. The molecule has 0 bridgehead atoms. The fourth-order valence-corrected chi connectivity index (χ4v) is 3.05. The van der Waals surface area contributed by atoms with Crippen molar-refractivity contribution >= 4 is 5.82 Å². The van der Waals surface area contributed by atoms with Crippen molar-refractivity contribution < 1.29 is 4.74 Å². The first-order chi connectivity index (χ1) is 10.2. The highest BCUT2D eigenvalue weighted by Gasteiger charge is 2.20. The fraction of sp³-hybridized carbons (Fsp3) is 0.706. The number of rotatable bonds is 7. The number of methoxy groups -OCH3 is 1. The molecule has 0 saturated carbocycles. The molecule has 4 nitrogen and oxygen atoms in total. The molecule has 1 N–H and O–H groups in total. The molecule has 1 aromatic heterocycles. The lowest BCUT2D eigenvalue weighted by Crippen LogP contribution is -2.36. The van der Waals surface area contributed by atoms with E-state index in [1.165, 1.54) is 36.2 Å². The Kier molecular flexibility index (Phi) is 6.46. The van der Waals surface area contributed by atoms with Crippen LogP contribution in [0, 0.1) is 12.8 Å². The van der Waals surface area contributed by atoms with Crippen molar-refractivity contribution in [2.75, 3.05) is 38.3 Å². The largest absolute Gasteiger partial charge is 0.383 e. The SMILES string of the molecule is CCC1CCCN(c2ncc(CNCCOC)cc2C)C1. The molecule has 1 aromatic rings. The molecule has 0 aromatic carbocycles. The van der Waals surface area contributed by atoms with Gasteiger partial charge in [0, 0.05) is 39.5 Å². The minimum atomic E-state index is 0.747. The molecule has 1 aliphatic heterocycles. The summed E-state index contributed by atoms with van der Waals surface area (Å²) in [5.74, 6) is 2.00. The molecular weight excluding hydrogens is 262 g/mol. The lowest BCUT2D eigenvalue weighted by Gasteiger charge is -2.34. The van der Waals surface area contributed by atoms with Crippen LogP contribution in [0.2, 0.25) is 0 Å². The molecule has 4 heteroatoms. The third-order valence-electron chi connectivity index (χ3n) is 4.32. The number of piperidine rings is 1. The summed E-state index contributed by atoms with van der Waals surface area (Å²) in [6.45, 7) is 9.26. The van der Waals surface area contributed by atoms with E-state index in [1.54, 1.807) is 7.11 Å². The quantitative estimate of drug-likeness (QED) is 0.784. The summed E-state index contributed by atoms with van der Waals surface area (Å²) < 4.78 is 5.04. The maximum absolute atomic E-state index is 5.04. The van der Waals surface area contributed by atoms with Crippen LogP contribution < -0.4 is 10.2 Å². The molecule has 1 unspecified atom stereocenters. The number of nitrogens with one attached hydrogen (secondary N) is 1. The number of aryl methyl sites for hydroxylation is 1. The Labute approximate surface area is 128 Å². The number of aromatic nitrogens is 1. The van der Waals surface area contributed by atoms with Crippen LogP contribution in [-0.2, 0) is 11.3 Å². The van der Waals surface area contributed by atoms with Crippen molar-refractivity contribution in [1.82, 2.24) is 10.3 Å². The number of hydrogen-bond donors (Lipinski definition) is 1. The molecule has 1 fully saturated rings. The second-order valence-corrected chi connectivity index (χ2v) is 6.02. The highest BCUT2D eigenvalue weighted by Crippen LogP contribution is 2.26. The number of nitrogens with zero attached hydrogens (tertiary/aromatic N) is 2. The van der Waals surface area contributed by atoms with Crippen LogP contribution in [0.3, 0.4) is 0 Å². The van der Waals surface area contributed by atoms with Crippen molar-refractivity contribution in [2.24, 2.45) is 5.92 Å². The molecule has 2 rings (SSSR count). The van der Waals surface area contributed by atoms with Gasteiger partial charge in [-0.2, -0.15) is 0 Å². The second kappa shape index (κ2) is 8.35. The van der Waals surface area contributed by atoms with Crippen LogP contribution in [0.1, 0.15) is 37.3 Å². The van der Waals surface area contributed by atoms with Crippen LogP contribution in [-0.4, -0.2) is 38.3 Å². The molecule has 1 aliphatic rings. The van der Waals surface area contributed by atoms with E-state index in [4.69, 9.17) is 9.72 Å². The molecule has 1 atom stereocenters. The van der Waals surface area contributed by atoms with Gasteiger partial charge in [-0.15, -0.1) is 0 Å². The number of pyridine rings is 1. The lowest BCUT2D eigenvalue weighted by molar-refractivity contribution is 0.199. The molecule has 0 amide bonds. The van der Waals surface area contributed by atoms with Crippen molar-refractivity contribution in [3.05, 3.63) is 23.4 Å². The van der Waals surface area contributed by atoms with Crippen LogP contribution in [0.15, 0.2) is 12.3 Å². The lowest BCUT2D eigenvalue weighted by atomic mass is 9.95. The van der Waals surface area contributed by atoms with Crippen LogP contribution in [0.4, 0.5) is 5.82 Å². The van der Waals surface area contributed by atoms with E-state index in [1.807, 2.05) is 6.20 Å². The maximum atomic E-state index is 5.04. The number of ether oxygens (including phenoxy) is 1. The second-order valence-electron chi connectivity index (χ2n) is 6.02. The van der Waals surface area contributed by atoms with Crippen LogP contribution in [0.25, 0.3) is 0 Å². The minimum Gasteiger partial charge on any atom is -0.383 e. The third-order valence-corrected chi connectivity index (χ3v) is 4.32. The normalized spacial score (nSPS) is 19.0. The van der Waals surface area contributed by atoms with Gasteiger partial charge < -0.3 is 15.0 Å². The van der Waals surface area contributed by atoms with E-state index >= 15 is 0 Å². The van der Waals surface area contributed by atoms with Crippen molar-refractivity contribution in [3.8, 4) is 0 Å². The standard InChI is InChI=1S/C17H29N3O/c1-4-15-6-5-8-20(13-15)17-14(2)10-16(12-19-17)11-18-7-9-21-3/h10,12,15,18H,4-9,11,13H2,1-3H3. The smallest absolute Gasteiger partial charge is 0.131 e. The molecule has 118 valence electrons. The molecule has 2 heterocycles. The van der Waals surface area contributed by atoms with E-state index in [-0.39, 0.29) is 0 Å². The van der Waals surface area contributed by atoms with Gasteiger partial charge in [-0.1, -0.05) is 13.3 Å². The summed E-state index contributed by atoms with van der Waals surface area (Å²) in [5.41, 5.74) is 2.54. The Bertz CT molecular complexity index is 436. The Balaban J connectivity index is 1.95. The summed E-state index contributed by atoms with van der Waals surface area (Å²) in [7, 11) is 1.73. The summed E-state index contributed by atoms with van der Waals surface area (Å²) in [6.07, 6.45) is 5.95. The Morgan fingerprint density at radius 1 is 1.48 bits per heavy atom. The zero-order valence-corrected chi connectivity index (χ0v) is 13.7. The Morgan fingerprint density at radius 2 is 2.33 bits per heavy atom. The topological polar surface area (TPSA) is 37.4 Å². The van der Waals surface area contributed by atoms with E-state index in [0.717, 1.165) is 38.7 Å². The van der Waals surface area contributed by atoms with E-state index in [9.17, 15) is 0 Å². The van der Waals surface area contributed by atoms with Crippen LogP contribution in [0.5, 0.6) is 0 Å². The van der Waals surface area contributed by atoms with Gasteiger partial charge in [0.2, 0.25) is 0 Å². The molecule has 0 aliphatic carbocycles. The van der Waals surface area contributed by atoms with Crippen LogP contribution >= 0.6 is 0 Å². The van der Waals surface area contributed by atoms with Gasteiger partial charge in [0.25, 0.3) is 0 Å². The van der Waals surface area contributed by atoms with Gasteiger partial charge in [0.1, 0.15) is 5.82 Å². The van der Waals surface area contributed by atoms with Gasteiger partial charge in [-0.25, -0.2) is 4.98 Å². The van der Waals surface area contributed by atoms with Gasteiger partial charge in [0.05, 0.1) is 6.61 Å². The van der Waals surface area contributed by atoms with E-state index < -0.39 is 0 Å². The average Bonchev–Trinajstić information content (AvgIpc) is 2.52. The summed E-state index contributed by atoms with van der Waals surface area (Å²) in [6, 6.07) is 2.26. The third kappa shape index (κ3) is 4.68. The van der Waals surface area contributed by atoms with Crippen molar-refractivity contribution in [1.29, 1.82) is 0 Å². The monoisotopic (exact) mass is 291 g/mol. The van der Waals surface area contributed by atoms with Gasteiger partial charge in [0.15, 0.2) is 0 Å². The maximum Gasteiger partial charge on any atom is 0.131 e. The Morgan fingerprint density at radius 3 is 3.05 bits per heavy atom. The van der Waals surface area contributed by atoms with Gasteiger partial charge >= 0.3 is 0 Å². The van der Waals surface area contributed by atoms with Gasteiger partial charge in [-0.3, -0.25) is 0 Å². The first kappa shape index (κ1) is 16.2. The zero-order valence-electron chi connectivity index (χ0n) is 13.7. The molecule has 21 heavy (non-hydrogen) atoms. The first-order valence-corrected chi connectivity index (χ1v) is 8.14. The summed E-state index contributed by atoms with van der Waals surface area (Å²) >= 11 is 0.